The molecule has 0 aliphatic carbocycles. The number of hydrogen-bond acceptors (Lipinski definition) is 4. The van der Waals surface area contributed by atoms with E-state index in [1.54, 1.807) is 0 Å². The molecule has 5 heteroatoms. The van der Waals surface area contributed by atoms with Crippen molar-refractivity contribution in [3.8, 4) is 0 Å². The van der Waals surface area contributed by atoms with Gasteiger partial charge in [-0.1, -0.05) is 18.2 Å². The minimum atomic E-state index is 0. The van der Waals surface area contributed by atoms with E-state index in [1.807, 2.05) is 30.8 Å². The third-order valence-electron chi connectivity index (χ3n) is 4.38. The maximum Gasteiger partial charge on any atom is 0.134 e. The second kappa shape index (κ2) is 7.13. The van der Waals surface area contributed by atoms with Gasteiger partial charge in [-0.2, -0.15) is 0 Å². The molecule has 1 fully saturated rings. The van der Waals surface area contributed by atoms with Crippen molar-refractivity contribution in [1.29, 1.82) is 0 Å². The van der Waals surface area contributed by atoms with Gasteiger partial charge >= 0.3 is 0 Å². The van der Waals surface area contributed by atoms with E-state index in [0.717, 1.165) is 31.8 Å². The molecule has 1 unspecified atom stereocenters. The SMILES string of the molecule is Cl.c1ccc2c(CN3CCNCC3c3ccncc3)coc2c1. The molecule has 0 radical (unpaired) electrons. The number of aromatic nitrogens is 1. The molecule has 120 valence electrons. The Morgan fingerprint density at radius 3 is 2.87 bits per heavy atom. The van der Waals surface area contributed by atoms with Crippen LogP contribution in [0.25, 0.3) is 11.0 Å². The minimum Gasteiger partial charge on any atom is -0.464 e. The van der Waals surface area contributed by atoms with Crippen LogP contribution in [0.4, 0.5) is 0 Å². The van der Waals surface area contributed by atoms with Crippen molar-refractivity contribution >= 4 is 23.4 Å². The van der Waals surface area contributed by atoms with Gasteiger partial charge in [0.25, 0.3) is 0 Å². The number of nitrogens with one attached hydrogen (secondary N) is 1. The lowest BCUT2D eigenvalue weighted by Crippen LogP contribution is -2.45. The Labute approximate surface area is 141 Å². The van der Waals surface area contributed by atoms with Crippen LogP contribution in [0.3, 0.4) is 0 Å². The molecule has 3 heterocycles. The number of halogens is 1. The topological polar surface area (TPSA) is 41.3 Å². The fourth-order valence-electron chi connectivity index (χ4n) is 3.22. The molecule has 1 saturated heterocycles. The lowest BCUT2D eigenvalue weighted by Gasteiger charge is -2.36. The molecule has 0 bridgehead atoms. The lowest BCUT2D eigenvalue weighted by atomic mass is 10.0. The molecule has 1 aliphatic heterocycles. The summed E-state index contributed by atoms with van der Waals surface area (Å²) in [5.41, 5.74) is 3.54. The minimum absolute atomic E-state index is 0. The third-order valence-corrected chi connectivity index (χ3v) is 4.38. The summed E-state index contributed by atoms with van der Waals surface area (Å²) in [4.78, 5) is 6.64. The number of pyridine rings is 1. The Kier molecular flexibility index (Phi) is 4.96. The van der Waals surface area contributed by atoms with E-state index >= 15 is 0 Å². The summed E-state index contributed by atoms with van der Waals surface area (Å²) in [6.45, 7) is 3.94. The van der Waals surface area contributed by atoms with Crippen LogP contribution in [0.5, 0.6) is 0 Å². The van der Waals surface area contributed by atoms with Crippen LogP contribution in [0.2, 0.25) is 0 Å². The number of hydrogen-bond donors (Lipinski definition) is 1. The van der Waals surface area contributed by atoms with Gasteiger partial charge in [0.1, 0.15) is 5.58 Å². The lowest BCUT2D eigenvalue weighted by molar-refractivity contribution is 0.154. The van der Waals surface area contributed by atoms with E-state index in [-0.39, 0.29) is 12.4 Å². The summed E-state index contributed by atoms with van der Waals surface area (Å²) in [7, 11) is 0. The first-order valence-electron chi connectivity index (χ1n) is 7.71. The van der Waals surface area contributed by atoms with Crippen LogP contribution in [-0.4, -0.2) is 29.5 Å². The molecular weight excluding hydrogens is 310 g/mol. The molecule has 0 spiro atoms. The number of benzene rings is 1. The van der Waals surface area contributed by atoms with Crippen molar-refractivity contribution in [2.75, 3.05) is 19.6 Å². The smallest absolute Gasteiger partial charge is 0.134 e. The standard InChI is InChI=1S/C18H19N3O.ClH/c1-2-4-18-16(3-1)15(13-22-18)12-21-10-9-20-11-17(21)14-5-7-19-8-6-14;/h1-8,13,17,20H,9-12H2;1H. The number of nitrogens with zero attached hydrogens (tertiary/aromatic N) is 2. The highest BCUT2D eigenvalue weighted by atomic mass is 35.5. The highest BCUT2D eigenvalue weighted by molar-refractivity contribution is 5.85. The molecule has 1 aromatic carbocycles. The third kappa shape index (κ3) is 3.24. The molecule has 23 heavy (non-hydrogen) atoms. The van der Waals surface area contributed by atoms with Crippen LogP contribution < -0.4 is 5.32 Å². The monoisotopic (exact) mass is 329 g/mol. The Morgan fingerprint density at radius 2 is 2.00 bits per heavy atom. The highest BCUT2D eigenvalue weighted by Gasteiger charge is 2.24. The average Bonchev–Trinajstić information content (AvgIpc) is 2.99. The summed E-state index contributed by atoms with van der Waals surface area (Å²) in [5.74, 6) is 0. The van der Waals surface area contributed by atoms with Gasteiger partial charge in [0.05, 0.1) is 6.26 Å². The first kappa shape index (κ1) is 16.0. The second-order valence-corrected chi connectivity index (χ2v) is 5.73. The van der Waals surface area contributed by atoms with E-state index in [0.29, 0.717) is 6.04 Å². The summed E-state index contributed by atoms with van der Waals surface area (Å²) < 4.78 is 5.68. The van der Waals surface area contributed by atoms with E-state index in [2.05, 4.69) is 39.5 Å². The van der Waals surface area contributed by atoms with Crippen molar-refractivity contribution in [1.82, 2.24) is 15.2 Å². The van der Waals surface area contributed by atoms with E-state index in [4.69, 9.17) is 4.42 Å². The van der Waals surface area contributed by atoms with Gasteiger partial charge in [0.2, 0.25) is 0 Å². The van der Waals surface area contributed by atoms with E-state index in [9.17, 15) is 0 Å². The van der Waals surface area contributed by atoms with Crippen molar-refractivity contribution < 1.29 is 4.42 Å². The quantitative estimate of drug-likeness (QED) is 0.799. The number of rotatable bonds is 3. The molecule has 1 aliphatic rings. The van der Waals surface area contributed by atoms with Crippen LogP contribution in [-0.2, 0) is 6.54 Å². The highest BCUT2D eigenvalue weighted by Crippen LogP contribution is 2.27. The summed E-state index contributed by atoms with van der Waals surface area (Å²) in [6.07, 6.45) is 5.64. The number of piperazine rings is 1. The normalized spacial score (nSPS) is 18.7. The van der Waals surface area contributed by atoms with Gasteiger partial charge in [0.15, 0.2) is 0 Å². The fraction of sp³-hybridized carbons (Fsp3) is 0.278. The van der Waals surface area contributed by atoms with Crippen LogP contribution in [0.15, 0.2) is 59.5 Å². The fourth-order valence-corrected chi connectivity index (χ4v) is 3.22. The van der Waals surface area contributed by atoms with Gasteiger partial charge in [-0.3, -0.25) is 9.88 Å². The first-order chi connectivity index (χ1) is 10.9. The predicted octanol–water partition coefficient (Wildman–Crippen LogP) is 3.40. The van der Waals surface area contributed by atoms with Gasteiger partial charge in [-0.25, -0.2) is 0 Å². The molecule has 0 saturated carbocycles. The first-order valence-corrected chi connectivity index (χ1v) is 7.71. The molecule has 2 aromatic heterocycles. The Morgan fingerprint density at radius 1 is 1.17 bits per heavy atom. The van der Waals surface area contributed by atoms with Crippen molar-refractivity contribution in [3.63, 3.8) is 0 Å². The van der Waals surface area contributed by atoms with Crippen LogP contribution in [0.1, 0.15) is 17.2 Å². The zero-order chi connectivity index (χ0) is 14.8. The largest absolute Gasteiger partial charge is 0.464 e. The molecular formula is C18H20ClN3O. The zero-order valence-corrected chi connectivity index (χ0v) is 13.6. The zero-order valence-electron chi connectivity index (χ0n) is 12.8. The molecule has 4 rings (SSSR count). The molecule has 3 aromatic rings. The van der Waals surface area contributed by atoms with Crippen LogP contribution in [0, 0.1) is 0 Å². The summed E-state index contributed by atoms with van der Waals surface area (Å²) in [6, 6.07) is 12.8. The maximum absolute atomic E-state index is 5.68. The molecule has 0 amide bonds. The number of fused-ring (bicyclic) bond motifs is 1. The average molecular weight is 330 g/mol. The predicted molar refractivity (Wildman–Crippen MR) is 93.7 cm³/mol. The molecule has 4 nitrogen and oxygen atoms in total. The van der Waals surface area contributed by atoms with Gasteiger partial charge in [-0.15, -0.1) is 12.4 Å². The Balaban J connectivity index is 0.00000156. The van der Waals surface area contributed by atoms with E-state index < -0.39 is 0 Å². The molecule has 1 atom stereocenters. The van der Waals surface area contributed by atoms with Gasteiger partial charge in [-0.05, 0) is 23.8 Å². The molecule has 1 N–H and O–H groups in total. The summed E-state index contributed by atoms with van der Waals surface area (Å²) in [5, 5.41) is 4.71. The maximum atomic E-state index is 5.68. The second-order valence-electron chi connectivity index (χ2n) is 5.73. The Bertz CT molecular complexity index is 759. The van der Waals surface area contributed by atoms with Crippen molar-refractivity contribution in [3.05, 3.63) is 66.2 Å². The van der Waals surface area contributed by atoms with Gasteiger partial charge < -0.3 is 9.73 Å². The van der Waals surface area contributed by atoms with Crippen molar-refractivity contribution in [2.24, 2.45) is 0 Å². The van der Waals surface area contributed by atoms with E-state index in [1.165, 1.54) is 16.5 Å². The van der Waals surface area contributed by atoms with Crippen molar-refractivity contribution in [2.45, 2.75) is 12.6 Å². The van der Waals surface area contributed by atoms with Crippen LogP contribution >= 0.6 is 12.4 Å². The summed E-state index contributed by atoms with van der Waals surface area (Å²) >= 11 is 0. The van der Waals surface area contributed by atoms with Gasteiger partial charge in [0, 0.05) is 55.6 Å². The Hall–Kier alpha value is -1.88. The number of para-hydroxylation sites is 1. The number of furan rings is 1.